The molecule has 0 bridgehead atoms. The lowest BCUT2D eigenvalue weighted by atomic mass is 10.1. The molecule has 0 aliphatic carbocycles. The van der Waals surface area contributed by atoms with E-state index < -0.39 is 11.8 Å². The second-order valence-corrected chi connectivity index (χ2v) is 3.33. The molecule has 16 heavy (non-hydrogen) atoms. The zero-order valence-electron chi connectivity index (χ0n) is 9.03. The first-order valence-electron chi connectivity index (χ1n) is 4.99. The van der Waals surface area contributed by atoms with Crippen molar-refractivity contribution in [2.24, 2.45) is 0 Å². The average molecular weight is 223 g/mol. The van der Waals surface area contributed by atoms with Gasteiger partial charge in [-0.25, -0.2) is 9.18 Å². The average Bonchev–Trinajstić information content (AvgIpc) is 2.24. The van der Waals surface area contributed by atoms with Gasteiger partial charge < -0.3 is 10.4 Å². The molecule has 1 rings (SSSR count). The van der Waals surface area contributed by atoms with E-state index in [1.807, 2.05) is 13.1 Å². The number of carboxylic acid groups (broad SMARTS) is 1. The zero-order chi connectivity index (χ0) is 12.0. The standard InChI is InChI=1S/C12H14FNO2/c1-14-7-3-2-4-9-8-10(13)5-6-11(9)12(15)16/h2,4-6,8,14H,3,7H2,1H3,(H,15,16). The van der Waals surface area contributed by atoms with E-state index in [1.54, 1.807) is 6.08 Å². The van der Waals surface area contributed by atoms with Crippen molar-refractivity contribution in [3.8, 4) is 0 Å². The Kier molecular flexibility index (Phi) is 4.66. The van der Waals surface area contributed by atoms with Crippen molar-refractivity contribution in [3.63, 3.8) is 0 Å². The molecule has 0 atom stereocenters. The summed E-state index contributed by atoms with van der Waals surface area (Å²) in [5, 5.41) is 11.9. The van der Waals surface area contributed by atoms with E-state index in [-0.39, 0.29) is 5.56 Å². The van der Waals surface area contributed by atoms with Gasteiger partial charge in [0.25, 0.3) is 0 Å². The van der Waals surface area contributed by atoms with Crippen LogP contribution in [-0.2, 0) is 0 Å². The molecule has 0 amide bonds. The SMILES string of the molecule is CNCCC=Cc1cc(F)ccc1C(=O)O. The van der Waals surface area contributed by atoms with E-state index in [4.69, 9.17) is 5.11 Å². The van der Waals surface area contributed by atoms with Crippen LogP contribution in [0.4, 0.5) is 4.39 Å². The predicted octanol–water partition coefficient (Wildman–Crippen LogP) is 2.15. The van der Waals surface area contributed by atoms with Gasteiger partial charge in [-0.3, -0.25) is 0 Å². The summed E-state index contributed by atoms with van der Waals surface area (Å²) in [6.07, 6.45) is 4.22. The van der Waals surface area contributed by atoms with Crippen molar-refractivity contribution in [1.29, 1.82) is 0 Å². The van der Waals surface area contributed by atoms with Crippen LogP contribution >= 0.6 is 0 Å². The third kappa shape index (κ3) is 3.47. The number of benzene rings is 1. The number of rotatable bonds is 5. The summed E-state index contributed by atoms with van der Waals surface area (Å²) < 4.78 is 12.9. The Morgan fingerprint density at radius 3 is 2.94 bits per heavy atom. The highest BCUT2D eigenvalue weighted by molar-refractivity contribution is 5.92. The Hall–Kier alpha value is -1.68. The summed E-state index contributed by atoms with van der Waals surface area (Å²) >= 11 is 0. The van der Waals surface area contributed by atoms with Gasteiger partial charge in [-0.05, 0) is 43.8 Å². The van der Waals surface area contributed by atoms with Crippen molar-refractivity contribution in [3.05, 3.63) is 41.2 Å². The van der Waals surface area contributed by atoms with Crippen LogP contribution in [0.2, 0.25) is 0 Å². The Bertz CT molecular complexity index is 402. The van der Waals surface area contributed by atoms with E-state index in [9.17, 15) is 9.18 Å². The molecule has 2 N–H and O–H groups in total. The summed E-state index contributed by atoms with van der Waals surface area (Å²) in [6, 6.07) is 3.64. The van der Waals surface area contributed by atoms with Crippen LogP contribution in [0.25, 0.3) is 6.08 Å². The van der Waals surface area contributed by atoms with Gasteiger partial charge in [0.2, 0.25) is 0 Å². The predicted molar refractivity (Wildman–Crippen MR) is 60.9 cm³/mol. The minimum absolute atomic E-state index is 0.113. The van der Waals surface area contributed by atoms with Gasteiger partial charge in [-0.1, -0.05) is 12.2 Å². The third-order valence-electron chi connectivity index (χ3n) is 2.10. The van der Waals surface area contributed by atoms with Gasteiger partial charge in [0.05, 0.1) is 5.56 Å². The first-order valence-corrected chi connectivity index (χ1v) is 4.99. The Morgan fingerprint density at radius 2 is 2.31 bits per heavy atom. The van der Waals surface area contributed by atoms with Crippen LogP contribution in [0, 0.1) is 5.82 Å². The summed E-state index contributed by atoms with van der Waals surface area (Å²) in [7, 11) is 1.83. The highest BCUT2D eigenvalue weighted by atomic mass is 19.1. The van der Waals surface area contributed by atoms with E-state index in [0.717, 1.165) is 19.0 Å². The van der Waals surface area contributed by atoms with Crippen LogP contribution in [0.15, 0.2) is 24.3 Å². The van der Waals surface area contributed by atoms with Gasteiger partial charge in [0.15, 0.2) is 0 Å². The Morgan fingerprint density at radius 1 is 1.56 bits per heavy atom. The van der Waals surface area contributed by atoms with E-state index in [2.05, 4.69) is 5.32 Å². The van der Waals surface area contributed by atoms with Gasteiger partial charge in [-0.2, -0.15) is 0 Å². The first-order chi connectivity index (χ1) is 7.65. The largest absolute Gasteiger partial charge is 0.478 e. The Labute approximate surface area is 93.6 Å². The normalized spacial score (nSPS) is 10.9. The number of aromatic carboxylic acids is 1. The lowest BCUT2D eigenvalue weighted by Gasteiger charge is -2.01. The third-order valence-corrected chi connectivity index (χ3v) is 2.10. The van der Waals surface area contributed by atoms with E-state index >= 15 is 0 Å². The van der Waals surface area contributed by atoms with Crippen molar-refractivity contribution >= 4 is 12.0 Å². The fourth-order valence-corrected chi connectivity index (χ4v) is 1.30. The molecular weight excluding hydrogens is 209 g/mol. The fraction of sp³-hybridized carbons (Fsp3) is 0.250. The molecule has 0 saturated carbocycles. The molecule has 1 aromatic rings. The summed E-state index contributed by atoms with van der Waals surface area (Å²) in [4.78, 5) is 10.9. The van der Waals surface area contributed by atoms with Gasteiger partial charge >= 0.3 is 5.97 Å². The van der Waals surface area contributed by atoms with Crippen LogP contribution in [-0.4, -0.2) is 24.7 Å². The summed E-state index contributed by atoms with van der Waals surface area (Å²) in [5.41, 5.74) is 0.505. The number of halogens is 1. The maximum atomic E-state index is 12.9. The van der Waals surface area contributed by atoms with Crippen molar-refractivity contribution < 1.29 is 14.3 Å². The Balaban J connectivity index is 2.88. The lowest BCUT2D eigenvalue weighted by Crippen LogP contribution is -2.05. The second-order valence-electron chi connectivity index (χ2n) is 3.33. The molecule has 0 heterocycles. The maximum Gasteiger partial charge on any atom is 0.336 e. The monoisotopic (exact) mass is 223 g/mol. The molecule has 0 spiro atoms. The number of hydrogen-bond acceptors (Lipinski definition) is 2. The number of hydrogen-bond donors (Lipinski definition) is 2. The molecule has 0 saturated heterocycles. The van der Waals surface area contributed by atoms with E-state index in [1.165, 1.54) is 12.1 Å². The van der Waals surface area contributed by atoms with Crippen LogP contribution in [0.3, 0.4) is 0 Å². The smallest absolute Gasteiger partial charge is 0.336 e. The molecule has 0 radical (unpaired) electrons. The van der Waals surface area contributed by atoms with Gasteiger partial charge in [-0.15, -0.1) is 0 Å². The van der Waals surface area contributed by atoms with Crippen LogP contribution in [0.5, 0.6) is 0 Å². The maximum absolute atomic E-state index is 12.9. The second kappa shape index (κ2) is 6.02. The topological polar surface area (TPSA) is 49.3 Å². The molecular formula is C12H14FNO2. The van der Waals surface area contributed by atoms with Crippen molar-refractivity contribution in [2.45, 2.75) is 6.42 Å². The molecule has 3 nitrogen and oxygen atoms in total. The zero-order valence-corrected chi connectivity index (χ0v) is 9.03. The van der Waals surface area contributed by atoms with Gasteiger partial charge in [0.1, 0.15) is 5.82 Å². The summed E-state index contributed by atoms with van der Waals surface area (Å²) in [6.45, 7) is 0.800. The lowest BCUT2D eigenvalue weighted by molar-refractivity contribution is 0.0696. The highest BCUT2D eigenvalue weighted by Crippen LogP contribution is 2.13. The van der Waals surface area contributed by atoms with Crippen LogP contribution < -0.4 is 5.32 Å². The molecule has 0 aliphatic heterocycles. The minimum atomic E-state index is -1.05. The number of carboxylic acids is 1. The number of nitrogens with one attached hydrogen (secondary N) is 1. The quantitative estimate of drug-likeness (QED) is 0.752. The molecule has 1 aromatic carbocycles. The summed E-state index contributed by atoms with van der Waals surface area (Å²) in [5.74, 6) is -1.48. The molecule has 4 heteroatoms. The molecule has 86 valence electrons. The van der Waals surface area contributed by atoms with Crippen LogP contribution in [0.1, 0.15) is 22.3 Å². The molecule has 0 unspecified atom stereocenters. The van der Waals surface area contributed by atoms with E-state index in [0.29, 0.717) is 5.56 Å². The van der Waals surface area contributed by atoms with Crippen molar-refractivity contribution in [1.82, 2.24) is 5.32 Å². The van der Waals surface area contributed by atoms with Crippen molar-refractivity contribution in [2.75, 3.05) is 13.6 Å². The minimum Gasteiger partial charge on any atom is -0.478 e. The van der Waals surface area contributed by atoms with Gasteiger partial charge in [0, 0.05) is 0 Å². The molecule has 0 aliphatic rings. The molecule has 0 aromatic heterocycles. The highest BCUT2D eigenvalue weighted by Gasteiger charge is 2.08. The fourth-order valence-electron chi connectivity index (χ4n) is 1.30. The molecule has 0 fully saturated rings. The number of carbonyl (C=O) groups is 1. The first kappa shape index (κ1) is 12.4.